The van der Waals surface area contributed by atoms with Crippen molar-refractivity contribution >= 4 is 38.9 Å². The van der Waals surface area contributed by atoms with Gasteiger partial charge >= 0.3 is 0 Å². The highest BCUT2D eigenvalue weighted by Crippen LogP contribution is 2.33. The minimum Gasteiger partial charge on any atom is -0.486 e. The van der Waals surface area contributed by atoms with Gasteiger partial charge in [0, 0.05) is 16.1 Å². The molecule has 22 heavy (non-hydrogen) atoms. The minimum atomic E-state index is -3.80. The first-order valence-electron chi connectivity index (χ1n) is 6.33. The lowest BCUT2D eigenvalue weighted by atomic mass is 10.3. The Bertz CT molecular complexity index is 803. The predicted molar refractivity (Wildman–Crippen MR) is 84.7 cm³/mol. The van der Waals surface area contributed by atoms with Crippen molar-refractivity contribution in [3.8, 4) is 11.5 Å². The fraction of sp³-hybridized carbons (Fsp3) is 0.143. The molecule has 1 heterocycles. The Morgan fingerprint density at radius 2 is 1.55 bits per heavy atom. The van der Waals surface area contributed by atoms with Gasteiger partial charge in [0.05, 0.1) is 10.6 Å². The average molecular weight is 360 g/mol. The normalized spacial score (nSPS) is 13.7. The quantitative estimate of drug-likeness (QED) is 0.909. The van der Waals surface area contributed by atoms with E-state index in [1.807, 2.05) is 0 Å². The molecule has 1 aliphatic heterocycles. The van der Waals surface area contributed by atoms with Crippen molar-refractivity contribution < 1.29 is 17.9 Å². The Labute approximate surface area is 137 Å². The Kier molecular flexibility index (Phi) is 4.08. The standard InChI is InChI=1S/C14H11Cl2NO4S/c15-9-5-10(16)7-12(6-9)22(18,19)17-11-1-2-13-14(8-11)21-4-3-20-13/h1-2,5-8,17H,3-4H2. The molecule has 0 atom stereocenters. The van der Waals surface area contributed by atoms with Crippen molar-refractivity contribution in [1.29, 1.82) is 0 Å². The van der Waals surface area contributed by atoms with Crippen LogP contribution in [0.25, 0.3) is 0 Å². The van der Waals surface area contributed by atoms with Crippen LogP contribution in [0.1, 0.15) is 0 Å². The van der Waals surface area contributed by atoms with E-state index in [2.05, 4.69) is 4.72 Å². The molecule has 0 fully saturated rings. The SMILES string of the molecule is O=S(=O)(Nc1ccc2c(c1)OCCO2)c1cc(Cl)cc(Cl)c1. The van der Waals surface area contributed by atoms with Gasteiger partial charge in [0.1, 0.15) is 13.2 Å². The number of ether oxygens (including phenoxy) is 2. The van der Waals surface area contributed by atoms with Gasteiger partial charge in [0.25, 0.3) is 10.0 Å². The van der Waals surface area contributed by atoms with Crippen LogP contribution >= 0.6 is 23.2 Å². The highest BCUT2D eigenvalue weighted by molar-refractivity contribution is 7.92. The van der Waals surface area contributed by atoms with E-state index in [9.17, 15) is 8.42 Å². The maximum atomic E-state index is 12.4. The molecule has 1 aliphatic rings. The predicted octanol–water partition coefficient (Wildman–Crippen LogP) is 3.57. The summed E-state index contributed by atoms with van der Waals surface area (Å²) in [6.07, 6.45) is 0. The van der Waals surface area contributed by atoms with E-state index in [1.54, 1.807) is 18.2 Å². The van der Waals surface area contributed by atoms with Crippen molar-refractivity contribution in [3.05, 3.63) is 46.4 Å². The Morgan fingerprint density at radius 3 is 2.23 bits per heavy atom. The van der Waals surface area contributed by atoms with E-state index in [1.165, 1.54) is 18.2 Å². The molecular weight excluding hydrogens is 349 g/mol. The van der Waals surface area contributed by atoms with Crippen LogP contribution in [0.4, 0.5) is 5.69 Å². The highest BCUT2D eigenvalue weighted by Gasteiger charge is 2.18. The molecule has 0 spiro atoms. The zero-order valence-electron chi connectivity index (χ0n) is 11.2. The topological polar surface area (TPSA) is 64.6 Å². The first-order valence-corrected chi connectivity index (χ1v) is 8.56. The van der Waals surface area contributed by atoms with Crippen LogP contribution in [0.5, 0.6) is 11.5 Å². The third kappa shape index (κ3) is 3.24. The Balaban J connectivity index is 1.91. The highest BCUT2D eigenvalue weighted by atomic mass is 35.5. The van der Waals surface area contributed by atoms with Crippen LogP contribution in [0.3, 0.4) is 0 Å². The second-order valence-corrected chi connectivity index (χ2v) is 7.12. The summed E-state index contributed by atoms with van der Waals surface area (Å²) in [5.74, 6) is 1.08. The number of sulfonamides is 1. The van der Waals surface area contributed by atoms with Crippen molar-refractivity contribution in [3.63, 3.8) is 0 Å². The monoisotopic (exact) mass is 359 g/mol. The van der Waals surface area contributed by atoms with Crippen molar-refractivity contribution in [2.75, 3.05) is 17.9 Å². The molecule has 2 aromatic carbocycles. The summed E-state index contributed by atoms with van der Waals surface area (Å²) in [7, 11) is -3.80. The van der Waals surface area contributed by atoms with E-state index in [-0.39, 0.29) is 14.9 Å². The summed E-state index contributed by atoms with van der Waals surface area (Å²) < 4.78 is 38.0. The van der Waals surface area contributed by atoms with Crippen LogP contribution in [0.15, 0.2) is 41.3 Å². The smallest absolute Gasteiger partial charge is 0.261 e. The van der Waals surface area contributed by atoms with Gasteiger partial charge in [-0.3, -0.25) is 4.72 Å². The van der Waals surface area contributed by atoms with Crippen LogP contribution in [0, 0.1) is 0 Å². The maximum absolute atomic E-state index is 12.4. The summed E-state index contributed by atoms with van der Waals surface area (Å²) >= 11 is 11.7. The lowest BCUT2D eigenvalue weighted by Crippen LogP contribution is -2.16. The number of hydrogen-bond acceptors (Lipinski definition) is 4. The van der Waals surface area contributed by atoms with Crippen LogP contribution in [0.2, 0.25) is 10.0 Å². The van der Waals surface area contributed by atoms with Crippen LogP contribution in [-0.4, -0.2) is 21.6 Å². The molecule has 0 aromatic heterocycles. The van der Waals surface area contributed by atoms with E-state index >= 15 is 0 Å². The maximum Gasteiger partial charge on any atom is 0.261 e. The number of halogens is 2. The number of rotatable bonds is 3. The Morgan fingerprint density at radius 1 is 0.909 bits per heavy atom. The molecule has 0 bridgehead atoms. The molecule has 8 heteroatoms. The molecule has 116 valence electrons. The zero-order chi connectivity index (χ0) is 15.7. The van der Waals surface area contributed by atoms with E-state index in [0.29, 0.717) is 30.4 Å². The second kappa shape index (κ2) is 5.87. The van der Waals surface area contributed by atoms with Crippen LogP contribution < -0.4 is 14.2 Å². The van der Waals surface area contributed by atoms with Gasteiger partial charge in [0.2, 0.25) is 0 Å². The molecule has 0 unspecified atom stereocenters. The molecular formula is C14H11Cl2NO4S. The largest absolute Gasteiger partial charge is 0.486 e. The molecule has 3 rings (SSSR count). The van der Waals surface area contributed by atoms with E-state index < -0.39 is 10.0 Å². The first-order chi connectivity index (χ1) is 10.4. The summed E-state index contributed by atoms with van der Waals surface area (Å²) in [4.78, 5) is -0.0140. The van der Waals surface area contributed by atoms with Gasteiger partial charge in [-0.15, -0.1) is 0 Å². The molecule has 0 amide bonds. The van der Waals surface area contributed by atoms with Crippen molar-refractivity contribution in [1.82, 2.24) is 0 Å². The second-order valence-electron chi connectivity index (χ2n) is 4.57. The molecule has 0 aliphatic carbocycles. The van der Waals surface area contributed by atoms with Crippen molar-refractivity contribution in [2.24, 2.45) is 0 Å². The van der Waals surface area contributed by atoms with Gasteiger partial charge in [0.15, 0.2) is 11.5 Å². The third-order valence-electron chi connectivity index (χ3n) is 2.94. The minimum absolute atomic E-state index is 0.0140. The number of hydrogen-bond donors (Lipinski definition) is 1. The van der Waals surface area contributed by atoms with Crippen molar-refractivity contribution in [2.45, 2.75) is 4.90 Å². The van der Waals surface area contributed by atoms with Gasteiger partial charge < -0.3 is 9.47 Å². The summed E-state index contributed by atoms with van der Waals surface area (Å²) in [5, 5.41) is 0.491. The molecule has 5 nitrogen and oxygen atoms in total. The molecule has 0 saturated carbocycles. The zero-order valence-corrected chi connectivity index (χ0v) is 13.5. The van der Waals surface area contributed by atoms with Gasteiger partial charge in [-0.2, -0.15) is 0 Å². The molecule has 2 aromatic rings. The average Bonchev–Trinajstić information content (AvgIpc) is 2.46. The van der Waals surface area contributed by atoms with Gasteiger partial charge in [-0.25, -0.2) is 8.42 Å². The van der Waals surface area contributed by atoms with Crippen LogP contribution in [-0.2, 0) is 10.0 Å². The first kappa shape index (κ1) is 15.3. The van der Waals surface area contributed by atoms with Gasteiger partial charge in [-0.05, 0) is 30.3 Å². The molecule has 1 N–H and O–H groups in total. The molecule has 0 saturated heterocycles. The number of benzene rings is 2. The lowest BCUT2D eigenvalue weighted by Gasteiger charge is -2.19. The third-order valence-corrected chi connectivity index (χ3v) is 4.74. The fourth-order valence-corrected chi connectivity index (χ4v) is 3.78. The Hall–Kier alpha value is -1.63. The van der Waals surface area contributed by atoms with Gasteiger partial charge in [-0.1, -0.05) is 23.2 Å². The summed E-state index contributed by atoms with van der Waals surface area (Å²) in [5.41, 5.74) is 0.361. The van der Waals surface area contributed by atoms with E-state index in [4.69, 9.17) is 32.7 Å². The fourth-order valence-electron chi connectivity index (χ4n) is 2.00. The number of nitrogens with one attached hydrogen (secondary N) is 1. The van der Waals surface area contributed by atoms with E-state index in [0.717, 1.165) is 0 Å². The summed E-state index contributed by atoms with van der Waals surface area (Å²) in [6, 6.07) is 8.93. The number of anilines is 1. The molecule has 0 radical (unpaired) electrons. The lowest BCUT2D eigenvalue weighted by molar-refractivity contribution is 0.171. The summed E-state index contributed by atoms with van der Waals surface area (Å²) in [6.45, 7) is 0.895. The number of fused-ring (bicyclic) bond motifs is 1.